The Morgan fingerprint density at radius 1 is 1.17 bits per heavy atom. The molecule has 0 fully saturated rings. The molecular weight excluding hydrogens is 332 g/mol. The van der Waals surface area contributed by atoms with Crippen molar-refractivity contribution in [2.75, 3.05) is 0 Å². The minimum Gasteiger partial charge on any atom is -0.477 e. The highest BCUT2D eigenvalue weighted by Crippen LogP contribution is 2.24. The predicted octanol–water partition coefficient (Wildman–Crippen LogP) is 2.69. The summed E-state index contributed by atoms with van der Waals surface area (Å²) in [5.74, 6) is 0.300. The molecule has 0 N–H and O–H groups in total. The summed E-state index contributed by atoms with van der Waals surface area (Å²) in [4.78, 5) is 12.1. The highest BCUT2D eigenvalue weighted by atomic mass is 35.5. The number of halogens is 1. The van der Waals surface area contributed by atoms with E-state index in [4.69, 9.17) is 21.1 Å². The molecule has 0 unspecified atom stereocenters. The van der Waals surface area contributed by atoms with Gasteiger partial charge in [-0.15, -0.1) is 5.10 Å². The fraction of sp³-hybridized carbons (Fsp3) is 0.125. The Bertz CT molecular complexity index is 822. The molecule has 3 rings (SSSR count). The van der Waals surface area contributed by atoms with Gasteiger partial charge in [0.2, 0.25) is 0 Å². The number of aromatic nitrogens is 4. The van der Waals surface area contributed by atoms with Gasteiger partial charge in [-0.25, -0.2) is 9.48 Å². The van der Waals surface area contributed by atoms with Crippen LogP contribution in [0.1, 0.15) is 6.92 Å². The third kappa shape index (κ3) is 3.69. The number of ether oxygens (including phenoxy) is 2. The summed E-state index contributed by atoms with van der Waals surface area (Å²) >= 11 is 6.00. The van der Waals surface area contributed by atoms with E-state index in [2.05, 4.69) is 15.5 Å². The third-order valence-corrected chi connectivity index (χ3v) is 3.45. The van der Waals surface area contributed by atoms with E-state index in [1.54, 1.807) is 55.5 Å². The van der Waals surface area contributed by atoms with Gasteiger partial charge in [0.25, 0.3) is 0 Å². The van der Waals surface area contributed by atoms with Crippen molar-refractivity contribution in [2.24, 2.45) is 0 Å². The Labute approximate surface area is 142 Å². The van der Waals surface area contributed by atoms with Crippen LogP contribution in [0.2, 0.25) is 5.02 Å². The Balaban J connectivity index is 1.63. The second kappa shape index (κ2) is 7.10. The summed E-state index contributed by atoms with van der Waals surface area (Å²) in [7, 11) is 0. The van der Waals surface area contributed by atoms with Crippen LogP contribution in [0.4, 0.5) is 0 Å². The number of hydrogen-bond donors (Lipinski definition) is 0. The van der Waals surface area contributed by atoms with Crippen LogP contribution >= 0.6 is 11.6 Å². The molecule has 2 aromatic carbocycles. The Morgan fingerprint density at radius 3 is 2.58 bits per heavy atom. The summed E-state index contributed by atoms with van der Waals surface area (Å²) < 4.78 is 12.3. The van der Waals surface area contributed by atoms with Gasteiger partial charge in [-0.05, 0) is 53.7 Å². The van der Waals surface area contributed by atoms with Gasteiger partial charge >= 0.3 is 5.97 Å². The topological polar surface area (TPSA) is 79.1 Å². The zero-order chi connectivity index (χ0) is 16.9. The minimum absolute atomic E-state index is 0.395. The van der Waals surface area contributed by atoms with Crippen molar-refractivity contribution in [3.05, 3.63) is 59.9 Å². The SMILES string of the molecule is C[C@@H](Oc1ccccc1Cl)C(=O)Oc1ccc(-n2cnnn2)cc1. The highest BCUT2D eigenvalue weighted by Gasteiger charge is 2.18. The van der Waals surface area contributed by atoms with Crippen molar-refractivity contribution in [2.45, 2.75) is 13.0 Å². The molecule has 0 spiro atoms. The molecule has 8 heteroatoms. The van der Waals surface area contributed by atoms with E-state index in [1.807, 2.05) is 0 Å². The van der Waals surface area contributed by atoms with Gasteiger partial charge in [-0.1, -0.05) is 23.7 Å². The number of esters is 1. The van der Waals surface area contributed by atoms with Crippen LogP contribution in [0.3, 0.4) is 0 Å². The molecule has 0 amide bonds. The number of rotatable bonds is 5. The van der Waals surface area contributed by atoms with E-state index in [9.17, 15) is 4.79 Å². The lowest BCUT2D eigenvalue weighted by Gasteiger charge is -2.14. The van der Waals surface area contributed by atoms with E-state index >= 15 is 0 Å². The average molecular weight is 345 g/mol. The minimum atomic E-state index is -0.802. The quantitative estimate of drug-likeness (QED) is 0.523. The van der Waals surface area contributed by atoms with Crippen molar-refractivity contribution in [1.82, 2.24) is 20.2 Å². The van der Waals surface area contributed by atoms with Crippen molar-refractivity contribution in [3.63, 3.8) is 0 Å². The van der Waals surface area contributed by atoms with Crippen LogP contribution in [0.25, 0.3) is 5.69 Å². The lowest BCUT2D eigenvalue weighted by molar-refractivity contribution is -0.141. The molecule has 0 aliphatic rings. The molecule has 0 aliphatic heterocycles. The maximum absolute atomic E-state index is 12.1. The maximum atomic E-state index is 12.1. The van der Waals surface area contributed by atoms with Crippen molar-refractivity contribution < 1.29 is 14.3 Å². The molecular formula is C16H13ClN4O3. The molecule has 24 heavy (non-hydrogen) atoms. The van der Waals surface area contributed by atoms with Gasteiger partial charge in [-0.2, -0.15) is 0 Å². The van der Waals surface area contributed by atoms with Crippen molar-refractivity contribution in [1.29, 1.82) is 0 Å². The predicted molar refractivity (Wildman–Crippen MR) is 86.3 cm³/mol. The van der Waals surface area contributed by atoms with Crippen LogP contribution in [0, 0.1) is 0 Å². The molecule has 0 saturated heterocycles. The summed E-state index contributed by atoms with van der Waals surface area (Å²) in [6.45, 7) is 1.60. The average Bonchev–Trinajstić information content (AvgIpc) is 3.12. The van der Waals surface area contributed by atoms with E-state index in [-0.39, 0.29) is 0 Å². The van der Waals surface area contributed by atoms with Gasteiger partial charge in [0.1, 0.15) is 17.8 Å². The molecule has 1 aromatic heterocycles. The van der Waals surface area contributed by atoms with Gasteiger partial charge < -0.3 is 9.47 Å². The summed E-state index contributed by atoms with van der Waals surface area (Å²) in [5.41, 5.74) is 0.750. The standard InChI is InChI=1S/C16H13ClN4O3/c1-11(23-15-5-3-2-4-14(15)17)16(22)24-13-8-6-12(7-9-13)21-10-18-19-20-21/h2-11H,1H3/t11-/m1/s1. The largest absolute Gasteiger partial charge is 0.477 e. The first-order valence-electron chi connectivity index (χ1n) is 7.10. The lowest BCUT2D eigenvalue weighted by atomic mass is 10.3. The molecule has 3 aromatic rings. The van der Waals surface area contributed by atoms with Crippen LogP contribution in [-0.2, 0) is 4.79 Å². The molecule has 0 radical (unpaired) electrons. The molecule has 7 nitrogen and oxygen atoms in total. The molecule has 0 saturated carbocycles. The van der Waals surface area contributed by atoms with Crippen molar-refractivity contribution >= 4 is 17.6 Å². The number of nitrogens with zero attached hydrogens (tertiary/aromatic N) is 4. The first-order valence-corrected chi connectivity index (χ1v) is 7.47. The summed E-state index contributed by atoms with van der Waals surface area (Å²) in [5, 5.41) is 11.3. The number of carbonyl (C=O) groups is 1. The molecule has 122 valence electrons. The first-order chi connectivity index (χ1) is 11.6. The van der Waals surface area contributed by atoms with E-state index < -0.39 is 12.1 Å². The van der Waals surface area contributed by atoms with E-state index in [0.717, 1.165) is 5.69 Å². The Hall–Kier alpha value is -2.93. The van der Waals surface area contributed by atoms with Crippen LogP contribution in [-0.4, -0.2) is 32.3 Å². The number of para-hydroxylation sites is 1. The van der Waals surface area contributed by atoms with Gasteiger partial charge in [0.15, 0.2) is 6.10 Å². The van der Waals surface area contributed by atoms with E-state index in [0.29, 0.717) is 16.5 Å². The zero-order valence-electron chi connectivity index (χ0n) is 12.7. The maximum Gasteiger partial charge on any atom is 0.352 e. The van der Waals surface area contributed by atoms with Gasteiger partial charge in [0, 0.05) is 0 Å². The van der Waals surface area contributed by atoms with Crippen LogP contribution in [0.15, 0.2) is 54.9 Å². The van der Waals surface area contributed by atoms with Gasteiger partial charge in [0.05, 0.1) is 10.7 Å². The normalized spacial score (nSPS) is 11.8. The highest BCUT2D eigenvalue weighted by molar-refractivity contribution is 6.32. The van der Waals surface area contributed by atoms with Crippen LogP contribution < -0.4 is 9.47 Å². The number of hydrogen-bond acceptors (Lipinski definition) is 6. The second-order valence-electron chi connectivity index (χ2n) is 4.86. The lowest BCUT2D eigenvalue weighted by Crippen LogP contribution is -2.28. The first kappa shape index (κ1) is 15.9. The fourth-order valence-corrected chi connectivity index (χ4v) is 2.10. The second-order valence-corrected chi connectivity index (χ2v) is 5.27. The van der Waals surface area contributed by atoms with Crippen molar-refractivity contribution in [3.8, 4) is 17.2 Å². The third-order valence-electron chi connectivity index (χ3n) is 3.14. The fourth-order valence-electron chi connectivity index (χ4n) is 1.92. The zero-order valence-corrected chi connectivity index (χ0v) is 13.4. The van der Waals surface area contributed by atoms with E-state index in [1.165, 1.54) is 11.0 Å². The Morgan fingerprint density at radius 2 is 1.92 bits per heavy atom. The number of benzene rings is 2. The molecule has 0 bridgehead atoms. The Kier molecular flexibility index (Phi) is 4.72. The van der Waals surface area contributed by atoms with Crippen LogP contribution in [0.5, 0.6) is 11.5 Å². The number of carbonyl (C=O) groups excluding carboxylic acids is 1. The summed E-state index contributed by atoms with van der Waals surface area (Å²) in [6, 6.07) is 13.7. The molecule has 0 aliphatic carbocycles. The monoisotopic (exact) mass is 344 g/mol. The van der Waals surface area contributed by atoms with Gasteiger partial charge in [-0.3, -0.25) is 0 Å². The molecule has 1 atom stereocenters. The molecule has 1 heterocycles. The summed E-state index contributed by atoms with van der Waals surface area (Å²) in [6.07, 6.45) is 0.671. The number of tetrazole rings is 1. The smallest absolute Gasteiger partial charge is 0.352 e.